The number of amides is 1. The SMILES string of the molecule is CCCCc1ccc(NC2=C[C@@H](c3ccc([N+](=O)[O-])cc3)N(c3ccc(CCCC)cc3)C2=O)cc1. The maximum Gasteiger partial charge on any atom is 0.275 e. The van der Waals surface area contributed by atoms with Crippen LogP contribution in [0.3, 0.4) is 0 Å². The molecule has 186 valence electrons. The van der Waals surface area contributed by atoms with Crippen LogP contribution in [0, 0.1) is 10.1 Å². The molecule has 0 aromatic heterocycles. The molecule has 0 bridgehead atoms. The summed E-state index contributed by atoms with van der Waals surface area (Å²) < 4.78 is 0. The minimum Gasteiger partial charge on any atom is -0.351 e. The summed E-state index contributed by atoms with van der Waals surface area (Å²) in [4.78, 5) is 26.1. The molecule has 1 N–H and O–H groups in total. The average Bonchev–Trinajstić information content (AvgIpc) is 3.23. The molecule has 6 heteroatoms. The molecular formula is C30H33N3O3. The maximum absolute atomic E-state index is 13.6. The van der Waals surface area contributed by atoms with Crippen molar-refractivity contribution in [1.82, 2.24) is 0 Å². The minimum atomic E-state index is -0.413. The van der Waals surface area contributed by atoms with E-state index in [1.165, 1.54) is 23.3 Å². The van der Waals surface area contributed by atoms with E-state index in [1.54, 1.807) is 17.0 Å². The van der Waals surface area contributed by atoms with Crippen LogP contribution in [0.4, 0.5) is 17.1 Å². The number of carbonyl (C=O) groups is 1. The number of anilines is 2. The van der Waals surface area contributed by atoms with Crippen LogP contribution in [0.5, 0.6) is 0 Å². The number of unbranched alkanes of at least 4 members (excludes halogenated alkanes) is 2. The van der Waals surface area contributed by atoms with Crippen molar-refractivity contribution in [3.63, 3.8) is 0 Å². The van der Waals surface area contributed by atoms with Crippen molar-refractivity contribution in [2.24, 2.45) is 0 Å². The van der Waals surface area contributed by atoms with Crippen molar-refractivity contribution in [1.29, 1.82) is 0 Å². The van der Waals surface area contributed by atoms with Gasteiger partial charge in [-0.3, -0.25) is 19.8 Å². The van der Waals surface area contributed by atoms with Gasteiger partial charge in [-0.05, 0) is 84.8 Å². The van der Waals surface area contributed by atoms with Gasteiger partial charge in [0.25, 0.3) is 11.6 Å². The first-order valence-electron chi connectivity index (χ1n) is 12.7. The molecule has 3 aromatic rings. The maximum atomic E-state index is 13.6. The summed E-state index contributed by atoms with van der Waals surface area (Å²) in [5, 5.41) is 14.4. The summed E-state index contributed by atoms with van der Waals surface area (Å²) in [7, 11) is 0. The zero-order valence-corrected chi connectivity index (χ0v) is 20.9. The summed E-state index contributed by atoms with van der Waals surface area (Å²) >= 11 is 0. The number of aryl methyl sites for hydroxylation is 2. The van der Waals surface area contributed by atoms with Crippen molar-refractivity contribution in [3.8, 4) is 0 Å². The number of benzene rings is 3. The van der Waals surface area contributed by atoms with E-state index in [0.717, 1.165) is 55.5 Å². The first-order valence-corrected chi connectivity index (χ1v) is 12.7. The van der Waals surface area contributed by atoms with Gasteiger partial charge >= 0.3 is 0 Å². The molecule has 3 aromatic carbocycles. The molecule has 1 aliphatic heterocycles. The van der Waals surface area contributed by atoms with E-state index in [9.17, 15) is 14.9 Å². The molecule has 4 rings (SSSR count). The molecule has 0 saturated heterocycles. The van der Waals surface area contributed by atoms with Crippen LogP contribution in [0.1, 0.15) is 62.3 Å². The van der Waals surface area contributed by atoms with Gasteiger partial charge in [-0.15, -0.1) is 0 Å². The lowest BCUT2D eigenvalue weighted by molar-refractivity contribution is -0.384. The number of nitro benzene ring substituents is 1. The molecule has 0 aliphatic carbocycles. The summed E-state index contributed by atoms with van der Waals surface area (Å²) in [6.45, 7) is 4.35. The molecule has 36 heavy (non-hydrogen) atoms. The van der Waals surface area contributed by atoms with Crippen molar-refractivity contribution < 1.29 is 9.72 Å². The first-order chi connectivity index (χ1) is 17.5. The largest absolute Gasteiger partial charge is 0.351 e. The summed E-state index contributed by atoms with van der Waals surface area (Å²) in [6.07, 6.45) is 8.52. The minimum absolute atomic E-state index is 0.0281. The van der Waals surface area contributed by atoms with Gasteiger partial charge in [-0.2, -0.15) is 0 Å². The van der Waals surface area contributed by atoms with E-state index in [4.69, 9.17) is 0 Å². The van der Waals surface area contributed by atoms with Gasteiger partial charge < -0.3 is 5.32 Å². The van der Waals surface area contributed by atoms with Crippen LogP contribution in [-0.4, -0.2) is 10.8 Å². The van der Waals surface area contributed by atoms with Crippen molar-refractivity contribution in [3.05, 3.63) is 111 Å². The standard InChI is InChI=1S/C30H33N3O3/c1-3-5-7-22-9-15-25(16-10-22)31-28-21-29(24-13-19-27(20-14-24)33(35)36)32(30(28)34)26-17-11-23(12-18-26)8-6-4-2/h9-21,29,31H,3-8H2,1-2H3/t29-/m0/s1. The third-order valence-electron chi connectivity index (χ3n) is 6.58. The Morgan fingerprint density at radius 1 is 0.833 bits per heavy atom. The topological polar surface area (TPSA) is 75.5 Å². The smallest absolute Gasteiger partial charge is 0.275 e. The molecule has 0 radical (unpaired) electrons. The molecule has 0 fully saturated rings. The van der Waals surface area contributed by atoms with Gasteiger partial charge in [0.15, 0.2) is 0 Å². The van der Waals surface area contributed by atoms with Crippen LogP contribution in [-0.2, 0) is 17.6 Å². The van der Waals surface area contributed by atoms with Gasteiger partial charge in [0.2, 0.25) is 0 Å². The number of carbonyl (C=O) groups excluding carboxylic acids is 1. The molecule has 0 unspecified atom stereocenters. The summed E-state index contributed by atoms with van der Waals surface area (Å²) in [5.74, 6) is -0.130. The Morgan fingerprint density at radius 3 is 1.92 bits per heavy atom. The number of non-ortho nitro benzene ring substituents is 1. The predicted molar refractivity (Wildman–Crippen MR) is 145 cm³/mol. The monoisotopic (exact) mass is 483 g/mol. The molecule has 1 heterocycles. The van der Waals surface area contributed by atoms with E-state index >= 15 is 0 Å². The van der Waals surface area contributed by atoms with Crippen LogP contribution in [0.15, 0.2) is 84.6 Å². The second-order valence-corrected chi connectivity index (χ2v) is 9.24. The number of nitro groups is 1. The highest BCUT2D eigenvalue weighted by molar-refractivity contribution is 6.11. The molecule has 0 saturated carbocycles. The molecule has 1 amide bonds. The third kappa shape index (κ3) is 5.82. The Balaban J connectivity index is 1.62. The Hall–Kier alpha value is -3.93. The van der Waals surface area contributed by atoms with Gasteiger partial charge in [-0.25, -0.2) is 0 Å². The zero-order valence-electron chi connectivity index (χ0n) is 20.9. The Labute approximate surface area is 212 Å². The summed E-state index contributed by atoms with van der Waals surface area (Å²) in [6, 6.07) is 22.4. The molecule has 1 aliphatic rings. The van der Waals surface area contributed by atoms with Gasteiger partial charge in [-0.1, -0.05) is 51.0 Å². The second-order valence-electron chi connectivity index (χ2n) is 9.24. The van der Waals surface area contributed by atoms with Gasteiger partial charge in [0, 0.05) is 23.5 Å². The van der Waals surface area contributed by atoms with Gasteiger partial charge in [0.05, 0.1) is 11.0 Å². The van der Waals surface area contributed by atoms with Crippen LogP contribution in [0.2, 0.25) is 0 Å². The highest BCUT2D eigenvalue weighted by Gasteiger charge is 2.35. The van der Waals surface area contributed by atoms with Crippen molar-refractivity contribution in [2.75, 3.05) is 10.2 Å². The average molecular weight is 484 g/mol. The van der Waals surface area contributed by atoms with Crippen LogP contribution < -0.4 is 10.2 Å². The fourth-order valence-electron chi connectivity index (χ4n) is 4.47. The Morgan fingerprint density at radius 2 is 1.39 bits per heavy atom. The number of nitrogens with one attached hydrogen (secondary N) is 1. The van der Waals surface area contributed by atoms with E-state index in [-0.39, 0.29) is 17.6 Å². The zero-order chi connectivity index (χ0) is 25.5. The lowest BCUT2D eigenvalue weighted by Gasteiger charge is -2.25. The highest BCUT2D eigenvalue weighted by atomic mass is 16.6. The Kier molecular flexibility index (Phi) is 8.16. The number of hydrogen-bond donors (Lipinski definition) is 1. The van der Waals surface area contributed by atoms with E-state index < -0.39 is 4.92 Å². The lowest BCUT2D eigenvalue weighted by atomic mass is 10.0. The fraction of sp³-hybridized carbons (Fsp3) is 0.300. The molecule has 0 spiro atoms. The third-order valence-corrected chi connectivity index (χ3v) is 6.58. The number of nitrogens with zero attached hydrogens (tertiary/aromatic N) is 2. The van der Waals surface area contributed by atoms with Crippen molar-refractivity contribution >= 4 is 23.0 Å². The van der Waals surface area contributed by atoms with Crippen LogP contribution >= 0.6 is 0 Å². The fourth-order valence-corrected chi connectivity index (χ4v) is 4.47. The predicted octanol–water partition coefficient (Wildman–Crippen LogP) is 7.36. The second kappa shape index (κ2) is 11.7. The normalized spacial score (nSPS) is 15.2. The highest BCUT2D eigenvalue weighted by Crippen LogP contribution is 2.37. The van der Waals surface area contributed by atoms with Gasteiger partial charge in [0.1, 0.15) is 5.70 Å². The number of hydrogen-bond acceptors (Lipinski definition) is 4. The number of rotatable bonds is 11. The van der Waals surface area contributed by atoms with E-state index in [0.29, 0.717) is 5.70 Å². The molecule has 1 atom stereocenters. The quantitative estimate of drug-likeness (QED) is 0.228. The summed E-state index contributed by atoms with van der Waals surface area (Å²) in [5.41, 5.74) is 5.52. The Bertz CT molecular complexity index is 1220. The van der Waals surface area contributed by atoms with E-state index in [1.807, 2.05) is 30.3 Å². The molecule has 6 nitrogen and oxygen atoms in total. The first kappa shape index (κ1) is 25.2. The van der Waals surface area contributed by atoms with Crippen LogP contribution in [0.25, 0.3) is 0 Å². The van der Waals surface area contributed by atoms with Crippen molar-refractivity contribution in [2.45, 2.75) is 58.4 Å². The molecular weight excluding hydrogens is 450 g/mol. The lowest BCUT2D eigenvalue weighted by Crippen LogP contribution is -2.30. The van der Waals surface area contributed by atoms with E-state index in [2.05, 4.69) is 43.4 Å².